The smallest absolute Gasteiger partial charge is 0.234 e. The highest BCUT2D eigenvalue weighted by Crippen LogP contribution is 2.54. The first-order valence-electron chi connectivity index (χ1n) is 8.38. The predicted octanol–water partition coefficient (Wildman–Crippen LogP) is 2.05. The summed E-state index contributed by atoms with van der Waals surface area (Å²) in [7, 11) is 2.03. The van der Waals surface area contributed by atoms with E-state index in [-0.39, 0.29) is 11.3 Å². The minimum atomic E-state index is -0.493. The SMILES string of the molecule is CN(CC(=O)NCC1(C(O)c2ccccc2)CC1)C1CCSC1. The number of benzene rings is 1. The summed E-state index contributed by atoms with van der Waals surface area (Å²) in [6, 6.07) is 10.3. The Bertz CT molecular complexity index is 527. The van der Waals surface area contributed by atoms with Gasteiger partial charge in [-0.3, -0.25) is 9.69 Å². The normalized spacial score (nSPS) is 23.7. The number of nitrogens with zero attached hydrogens (tertiary/aromatic N) is 1. The first kappa shape index (κ1) is 16.8. The summed E-state index contributed by atoms with van der Waals surface area (Å²) in [5, 5.41) is 13.7. The van der Waals surface area contributed by atoms with Gasteiger partial charge in [0.15, 0.2) is 0 Å². The van der Waals surface area contributed by atoms with Gasteiger partial charge in [0.25, 0.3) is 0 Å². The molecule has 23 heavy (non-hydrogen) atoms. The summed E-state index contributed by atoms with van der Waals surface area (Å²) in [5.74, 6) is 2.39. The number of aliphatic hydroxyl groups excluding tert-OH is 1. The molecule has 2 unspecified atom stereocenters. The average molecular weight is 334 g/mol. The van der Waals surface area contributed by atoms with E-state index in [9.17, 15) is 9.90 Å². The van der Waals surface area contributed by atoms with Crippen LogP contribution in [0.3, 0.4) is 0 Å². The molecule has 1 aromatic rings. The highest BCUT2D eigenvalue weighted by molar-refractivity contribution is 7.99. The van der Waals surface area contributed by atoms with Crippen LogP contribution in [0.4, 0.5) is 0 Å². The van der Waals surface area contributed by atoms with Crippen LogP contribution >= 0.6 is 11.8 Å². The number of aliphatic hydroxyl groups is 1. The number of nitrogens with one attached hydrogen (secondary N) is 1. The fraction of sp³-hybridized carbons (Fsp3) is 0.611. The molecule has 0 radical (unpaired) electrons. The van der Waals surface area contributed by atoms with Crippen molar-refractivity contribution in [3.63, 3.8) is 0 Å². The van der Waals surface area contributed by atoms with Crippen molar-refractivity contribution in [2.24, 2.45) is 5.41 Å². The fourth-order valence-electron chi connectivity index (χ4n) is 3.25. The van der Waals surface area contributed by atoms with Crippen molar-refractivity contribution >= 4 is 17.7 Å². The van der Waals surface area contributed by atoms with Crippen LogP contribution in [0.1, 0.15) is 30.9 Å². The maximum absolute atomic E-state index is 12.2. The number of carbonyl (C=O) groups excluding carboxylic acids is 1. The second-order valence-corrected chi connectivity index (χ2v) is 8.03. The van der Waals surface area contributed by atoms with E-state index in [1.807, 2.05) is 49.1 Å². The maximum Gasteiger partial charge on any atom is 0.234 e. The molecule has 1 saturated heterocycles. The zero-order valence-corrected chi connectivity index (χ0v) is 14.5. The van der Waals surface area contributed by atoms with E-state index in [2.05, 4.69) is 10.2 Å². The van der Waals surface area contributed by atoms with E-state index in [4.69, 9.17) is 0 Å². The highest BCUT2D eigenvalue weighted by Gasteiger charge is 2.49. The van der Waals surface area contributed by atoms with Gasteiger partial charge in [-0.1, -0.05) is 30.3 Å². The summed E-state index contributed by atoms with van der Waals surface area (Å²) in [6.07, 6.45) is 2.62. The third-order valence-corrected chi connectivity index (χ3v) is 6.29. The van der Waals surface area contributed by atoms with Crippen LogP contribution in [0.2, 0.25) is 0 Å². The molecule has 2 aliphatic rings. The molecule has 3 rings (SSSR count). The van der Waals surface area contributed by atoms with Gasteiger partial charge in [0.2, 0.25) is 5.91 Å². The minimum Gasteiger partial charge on any atom is -0.388 e. The molecule has 0 bridgehead atoms. The lowest BCUT2D eigenvalue weighted by Gasteiger charge is -2.25. The third-order valence-electron chi connectivity index (χ3n) is 5.15. The number of likely N-dealkylation sites (N-methyl/N-ethyl adjacent to an activating group) is 1. The van der Waals surface area contributed by atoms with Gasteiger partial charge in [0.1, 0.15) is 0 Å². The van der Waals surface area contributed by atoms with Crippen molar-refractivity contribution in [1.29, 1.82) is 0 Å². The Morgan fingerprint density at radius 3 is 2.78 bits per heavy atom. The Labute approximate surface area is 142 Å². The van der Waals surface area contributed by atoms with Crippen LogP contribution in [0.25, 0.3) is 0 Å². The summed E-state index contributed by atoms with van der Waals surface area (Å²) in [4.78, 5) is 14.4. The molecular formula is C18H26N2O2S. The lowest BCUT2D eigenvalue weighted by Crippen LogP contribution is -2.42. The fourth-order valence-corrected chi connectivity index (χ4v) is 4.55. The molecule has 1 heterocycles. The van der Waals surface area contributed by atoms with Crippen molar-refractivity contribution in [2.75, 3.05) is 31.6 Å². The molecule has 2 atom stereocenters. The molecule has 0 aromatic heterocycles. The number of carbonyl (C=O) groups is 1. The molecule has 0 spiro atoms. The highest BCUT2D eigenvalue weighted by atomic mass is 32.2. The van der Waals surface area contributed by atoms with E-state index < -0.39 is 6.10 Å². The summed E-state index contributed by atoms with van der Waals surface area (Å²) in [5.41, 5.74) is 0.776. The van der Waals surface area contributed by atoms with E-state index in [0.29, 0.717) is 19.1 Å². The molecule has 1 amide bonds. The van der Waals surface area contributed by atoms with Gasteiger partial charge < -0.3 is 10.4 Å². The third kappa shape index (κ3) is 4.08. The van der Waals surface area contributed by atoms with Gasteiger partial charge in [-0.2, -0.15) is 11.8 Å². The molecule has 1 aliphatic carbocycles. The topological polar surface area (TPSA) is 52.6 Å². The van der Waals surface area contributed by atoms with Crippen molar-refractivity contribution in [2.45, 2.75) is 31.4 Å². The number of amides is 1. The summed E-state index contributed by atoms with van der Waals surface area (Å²) in [6.45, 7) is 1.01. The second-order valence-electron chi connectivity index (χ2n) is 6.88. The molecule has 1 aliphatic heterocycles. The first-order valence-corrected chi connectivity index (χ1v) is 9.54. The van der Waals surface area contributed by atoms with Crippen molar-refractivity contribution in [3.8, 4) is 0 Å². The molecule has 2 fully saturated rings. The van der Waals surface area contributed by atoms with Crippen LogP contribution < -0.4 is 5.32 Å². The van der Waals surface area contributed by atoms with Crippen LogP contribution in [0, 0.1) is 5.41 Å². The zero-order chi connectivity index (χ0) is 16.3. The van der Waals surface area contributed by atoms with E-state index in [0.717, 1.165) is 24.2 Å². The second kappa shape index (κ2) is 7.24. The van der Waals surface area contributed by atoms with Gasteiger partial charge in [-0.25, -0.2) is 0 Å². The van der Waals surface area contributed by atoms with Gasteiger partial charge in [-0.15, -0.1) is 0 Å². The number of thioether (sulfide) groups is 1. The van der Waals surface area contributed by atoms with E-state index in [1.165, 1.54) is 12.2 Å². The summed E-state index contributed by atoms with van der Waals surface area (Å²) >= 11 is 1.96. The summed E-state index contributed by atoms with van der Waals surface area (Å²) < 4.78 is 0. The molecule has 5 heteroatoms. The lowest BCUT2D eigenvalue weighted by atomic mass is 9.92. The predicted molar refractivity (Wildman–Crippen MR) is 94.4 cm³/mol. The molecule has 2 N–H and O–H groups in total. The van der Waals surface area contributed by atoms with Crippen molar-refractivity contribution in [1.82, 2.24) is 10.2 Å². The molecule has 4 nitrogen and oxygen atoms in total. The number of hydrogen-bond acceptors (Lipinski definition) is 4. The standard InChI is InChI=1S/C18H26N2O2S/c1-20(15-7-10-23-12-15)11-16(21)19-13-18(8-9-18)17(22)14-5-3-2-4-6-14/h2-6,15,17,22H,7-13H2,1H3,(H,19,21). The van der Waals surface area contributed by atoms with E-state index in [1.54, 1.807) is 0 Å². The van der Waals surface area contributed by atoms with Gasteiger partial charge >= 0.3 is 0 Å². The van der Waals surface area contributed by atoms with Crippen molar-refractivity contribution in [3.05, 3.63) is 35.9 Å². The number of rotatable bonds is 7. The Kier molecular flexibility index (Phi) is 5.29. The Balaban J connectivity index is 1.48. The molecular weight excluding hydrogens is 308 g/mol. The average Bonchev–Trinajstić information content (AvgIpc) is 3.16. The Hall–Kier alpha value is -1.04. The maximum atomic E-state index is 12.2. The minimum absolute atomic E-state index is 0.0657. The first-order chi connectivity index (χ1) is 11.1. The van der Waals surface area contributed by atoms with Gasteiger partial charge in [-0.05, 0) is 37.6 Å². The monoisotopic (exact) mass is 334 g/mol. The lowest BCUT2D eigenvalue weighted by molar-refractivity contribution is -0.122. The zero-order valence-electron chi connectivity index (χ0n) is 13.7. The van der Waals surface area contributed by atoms with Crippen molar-refractivity contribution < 1.29 is 9.90 Å². The largest absolute Gasteiger partial charge is 0.388 e. The van der Waals surface area contributed by atoms with E-state index >= 15 is 0 Å². The molecule has 1 saturated carbocycles. The van der Waals surface area contributed by atoms with Crippen LogP contribution in [0.5, 0.6) is 0 Å². The van der Waals surface area contributed by atoms with Gasteiger partial charge in [0, 0.05) is 23.8 Å². The Morgan fingerprint density at radius 1 is 1.43 bits per heavy atom. The van der Waals surface area contributed by atoms with Crippen LogP contribution in [-0.2, 0) is 4.79 Å². The number of hydrogen-bond donors (Lipinski definition) is 2. The quantitative estimate of drug-likeness (QED) is 0.801. The van der Waals surface area contributed by atoms with Crippen LogP contribution in [0.15, 0.2) is 30.3 Å². The Morgan fingerprint density at radius 2 is 2.17 bits per heavy atom. The molecule has 126 valence electrons. The van der Waals surface area contributed by atoms with Crippen LogP contribution in [-0.4, -0.2) is 53.6 Å². The molecule has 1 aromatic carbocycles. The van der Waals surface area contributed by atoms with Gasteiger partial charge in [0.05, 0.1) is 12.6 Å².